The van der Waals surface area contributed by atoms with Crippen molar-refractivity contribution in [3.63, 3.8) is 0 Å². The molecule has 1 heterocycles. The average Bonchev–Trinajstić information content (AvgIpc) is 2.48. The van der Waals surface area contributed by atoms with Crippen molar-refractivity contribution in [1.29, 1.82) is 0 Å². The van der Waals surface area contributed by atoms with Gasteiger partial charge in [-0.1, -0.05) is 39.0 Å². The first-order valence-corrected chi connectivity index (χ1v) is 7.41. The molecule has 0 amide bonds. The molecule has 0 fully saturated rings. The van der Waals surface area contributed by atoms with E-state index in [1.54, 1.807) is 0 Å². The molecular formula is C18H24N2O. The summed E-state index contributed by atoms with van der Waals surface area (Å²) >= 11 is 0. The van der Waals surface area contributed by atoms with Crippen LogP contribution in [0.5, 0.6) is 11.6 Å². The van der Waals surface area contributed by atoms with Gasteiger partial charge in [0.1, 0.15) is 5.75 Å². The van der Waals surface area contributed by atoms with Gasteiger partial charge < -0.3 is 10.5 Å². The van der Waals surface area contributed by atoms with Crippen LogP contribution in [0.4, 0.5) is 0 Å². The third-order valence-corrected chi connectivity index (χ3v) is 4.13. The Morgan fingerprint density at radius 1 is 1.10 bits per heavy atom. The topological polar surface area (TPSA) is 48.1 Å². The van der Waals surface area contributed by atoms with Gasteiger partial charge in [0, 0.05) is 18.3 Å². The SMILES string of the molecule is CCC(C)(C)c1ccc(Oc2ccc(CN)c(C)n2)cc1. The summed E-state index contributed by atoms with van der Waals surface area (Å²) in [6, 6.07) is 12.1. The zero-order valence-corrected chi connectivity index (χ0v) is 13.3. The molecule has 2 aromatic rings. The lowest BCUT2D eigenvalue weighted by Crippen LogP contribution is -2.14. The Hall–Kier alpha value is -1.87. The number of rotatable bonds is 5. The summed E-state index contributed by atoms with van der Waals surface area (Å²) in [6.07, 6.45) is 1.11. The van der Waals surface area contributed by atoms with Gasteiger partial charge in [-0.25, -0.2) is 4.98 Å². The molecule has 0 bridgehead atoms. The number of aromatic nitrogens is 1. The van der Waals surface area contributed by atoms with E-state index in [0.717, 1.165) is 23.4 Å². The third kappa shape index (κ3) is 3.61. The predicted octanol–water partition coefficient (Wildman–Crippen LogP) is 4.33. The van der Waals surface area contributed by atoms with Crippen molar-refractivity contribution >= 4 is 0 Å². The summed E-state index contributed by atoms with van der Waals surface area (Å²) in [5.41, 5.74) is 9.11. The lowest BCUT2D eigenvalue weighted by Gasteiger charge is -2.23. The molecule has 3 nitrogen and oxygen atoms in total. The number of hydrogen-bond donors (Lipinski definition) is 1. The number of hydrogen-bond acceptors (Lipinski definition) is 3. The van der Waals surface area contributed by atoms with Crippen molar-refractivity contribution in [1.82, 2.24) is 4.98 Å². The van der Waals surface area contributed by atoms with E-state index in [1.165, 1.54) is 5.56 Å². The Morgan fingerprint density at radius 3 is 2.29 bits per heavy atom. The molecule has 2 N–H and O–H groups in total. The highest BCUT2D eigenvalue weighted by Crippen LogP contribution is 2.29. The molecule has 0 unspecified atom stereocenters. The Kier molecular flexibility index (Phi) is 4.63. The summed E-state index contributed by atoms with van der Waals surface area (Å²) in [7, 11) is 0. The minimum atomic E-state index is 0.191. The van der Waals surface area contributed by atoms with Gasteiger partial charge in [-0.2, -0.15) is 0 Å². The third-order valence-electron chi connectivity index (χ3n) is 4.13. The van der Waals surface area contributed by atoms with Crippen LogP contribution in [0.25, 0.3) is 0 Å². The van der Waals surface area contributed by atoms with E-state index in [9.17, 15) is 0 Å². The number of ether oxygens (including phenoxy) is 1. The molecule has 0 aliphatic heterocycles. The molecule has 0 atom stereocenters. The summed E-state index contributed by atoms with van der Waals surface area (Å²) < 4.78 is 5.81. The van der Waals surface area contributed by atoms with E-state index in [4.69, 9.17) is 10.5 Å². The quantitative estimate of drug-likeness (QED) is 0.889. The predicted molar refractivity (Wildman–Crippen MR) is 86.7 cm³/mol. The normalized spacial score (nSPS) is 11.5. The first-order valence-electron chi connectivity index (χ1n) is 7.41. The number of pyridine rings is 1. The van der Waals surface area contributed by atoms with Crippen molar-refractivity contribution in [2.75, 3.05) is 0 Å². The number of nitrogens with two attached hydrogens (primary N) is 1. The van der Waals surface area contributed by atoms with Crippen molar-refractivity contribution < 1.29 is 4.74 Å². The average molecular weight is 284 g/mol. The Morgan fingerprint density at radius 2 is 1.76 bits per heavy atom. The van der Waals surface area contributed by atoms with Gasteiger partial charge in [0.25, 0.3) is 0 Å². The molecular weight excluding hydrogens is 260 g/mol. The second kappa shape index (κ2) is 6.27. The molecule has 0 aliphatic rings. The Balaban J connectivity index is 2.15. The molecule has 2 rings (SSSR count). The fourth-order valence-corrected chi connectivity index (χ4v) is 2.14. The van der Waals surface area contributed by atoms with Gasteiger partial charge >= 0.3 is 0 Å². The maximum atomic E-state index is 5.81. The molecule has 1 aromatic heterocycles. The van der Waals surface area contributed by atoms with Gasteiger partial charge in [-0.05, 0) is 42.0 Å². The molecule has 0 radical (unpaired) electrons. The summed E-state index contributed by atoms with van der Waals surface area (Å²) in [5.74, 6) is 1.41. The van der Waals surface area contributed by atoms with Crippen LogP contribution in [-0.2, 0) is 12.0 Å². The zero-order chi connectivity index (χ0) is 15.5. The van der Waals surface area contributed by atoms with Crippen LogP contribution in [0.3, 0.4) is 0 Å². The second-order valence-electron chi connectivity index (χ2n) is 5.96. The van der Waals surface area contributed by atoms with Crippen LogP contribution in [0.1, 0.15) is 44.0 Å². The molecule has 3 heteroatoms. The first kappa shape index (κ1) is 15.5. The molecule has 0 spiro atoms. The van der Waals surface area contributed by atoms with Crippen LogP contribution < -0.4 is 10.5 Å². The van der Waals surface area contributed by atoms with E-state index < -0.39 is 0 Å². The lowest BCUT2D eigenvalue weighted by atomic mass is 9.82. The van der Waals surface area contributed by atoms with Crippen LogP contribution in [0.2, 0.25) is 0 Å². The number of benzene rings is 1. The molecule has 21 heavy (non-hydrogen) atoms. The molecule has 1 aromatic carbocycles. The monoisotopic (exact) mass is 284 g/mol. The highest BCUT2D eigenvalue weighted by atomic mass is 16.5. The molecule has 0 saturated carbocycles. The minimum absolute atomic E-state index is 0.191. The largest absolute Gasteiger partial charge is 0.439 e. The van der Waals surface area contributed by atoms with Crippen molar-refractivity contribution in [3.05, 3.63) is 53.2 Å². The van der Waals surface area contributed by atoms with E-state index in [0.29, 0.717) is 12.4 Å². The van der Waals surface area contributed by atoms with E-state index in [2.05, 4.69) is 37.9 Å². The molecule has 0 saturated heterocycles. The van der Waals surface area contributed by atoms with Crippen molar-refractivity contribution in [3.8, 4) is 11.6 Å². The smallest absolute Gasteiger partial charge is 0.219 e. The number of aryl methyl sites for hydroxylation is 1. The fourth-order valence-electron chi connectivity index (χ4n) is 2.14. The number of nitrogens with zero attached hydrogens (tertiary/aromatic N) is 1. The van der Waals surface area contributed by atoms with Gasteiger partial charge in [-0.3, -0.25) is 0 Å². The highest BCUT2D eigenvalue weighted by molar-refractivity contribution is 5.34. The van der Waals surface area contributed by atoms with Crippen molar-refractivity contribution in [2.24, 2.45) is 5.73 Å². The van der Waals surface area contributed by atoms with Gasteiger partial charge in [0.15, 0.2) is 0 Å². The van der Waals surface area contributed by atoms with Crippen LogP contribution in [0.15, 0.2) is 36.4 Å². The molecule has 112 valence electrons. The van der Waals surface area contributed by atoms with E-state index in [1.807, 2.05) is 31.2 Å². The van der Waals surface area contributed by atoms with Gasteiger partial charge in [0.2, 0.25) is 5.88 Å². The maximum absolute atomic E-state index is 5.81. The van der Waals surface area contributed by atoms with E-state index >= 15 is 0 Å². The lowest BCUT2D eigenvalue weighted by molar-refractivity contribution is 0.458. The summed E-state index contributed by atoms with van der Waals surface area (Å²) in [6.45, 7) is 9.15. The molecule has 0 aliphatic carbocycles. The van der Waals surface area contributed by atoms with Gasteiger partial charge in [0.05, 0.1) is 0 Å². The Labute approximate surface area is 127 Å². The second-order valence-corrected chi connectivity index (χ2v) is 5.96. The zero-order valence-electron chi connectivity index (χ0n) is 13.3. The van der Waals surface area contributed by atoms with Gasteiger partial charge in [-0.15, -0.1) is 0 Å². The van der Waals surface area contributed by atoms with Crippen LogP contribution in [0, 0.1) is 6.92 Å². The Bertz CT molecular complexity index is 603. The standard InChI is InChI=1S/C18H24N2O/c1-5-18(3,4)15-7-9-16(10-8-15)21-17-11-6-14(12-19)13(2)20-17/h6-11H,5,12,19H2,1-4H3. The van der Waals surface area contributed by atoms with Crippen LogP contribution >= 0.6 is 0 Å². The van der Waals surface area contributed by atoms with Crippen LogP contribution in [-0.4, -0.2) is 4.98 Å². The summed E-state index contributed by atoms with van der Waals surface area (Å²) in [4.78, 5) is 4.42. The first-order chi connectivity index (χ1) is 9.96. The maximum Gasteiger partial charge on any atom is 0.219 e. The van der Waals surface area contributed by atoms with E-state index in [-0.39, 0.29) is 5.41 Å². The highest BCUT2D eigenvalue weighted by Gasteiger charge is 2.17. The fraction of sp³-hybridized carbons (Fsp3) is 0.389. The summed E-state index contributed by atoms with van der Waals surface area (Å²) in [5, 5.41) is 0. The van der Waals surface area contributed by atoms with Crippen molar-refractivity contribution in [2.45, 2.75) is 46.1 Å². The minimum Gasteiger partial charge on any atom is -0.439 e.